The van der Waals surface area contributed by atoms with Crippen LogP contribution in [0, 0.1) is 0 Å². The summed E-state index contributed by atoms with van der Waals surface area (Å²) in [5.41, 5.74) is 2.66. The minimum absolute atomic E-state index is 0.00589. The van der Waals surface area contributed by atoms with Gasteiger partial charge in [-0.1, -0.05) is 0 Å². The number of H-pyrrole nitrogens is 1. The Morgan fingerprint density at radius 1 is 1.27 bits per heavy atom. The third-order valence-corrected chi connectivity index (χ3v) is 6.74. The van der Waals surface area contributed by atoms with Crippen LogP contribution < -0.4 is 10.6 Å². The third-order valence-electron chi connectivity index (χ3n) is 5.30. The van der Waals surface area contributed by atoms with Crippen molar-refractivity contribution in [3.05, 3.63) is 35.3 Å². The first kappa shape index (κ1) is 20.6. The molecule has 2 aromatic rings. The van der Waals surface area contributed by atoms with E-state index in [0.717, 1.165) is 25.0 Å². The van der Waals surface area contributed by atoms with Crippen molar-refractivity contribution in [1.82, 2.24) is 20.5 Å². The van der Waals surface area contributed by atoms with E-state index in [1.165, 1.54) is 0 Å². The first-order valence-corrected chi connectivity index (χ1v) is 11.9. The van der Waals surface area contributed by atoms with Crippen LogP contribution in [0.4, 0.5) is 16.3 Å². The van der Waals surface area contributed by atoms with Gasteiger partial charge < -0.3 is 15.4 Å². The lowest BCUT2D eigenvalue weighted by molar-refractivity contribution is 0.0936. The SMILES string of the molecule is CC(C)(C)NC(=O)OC1CC[C@H](c2cc(Nc3ccnc4c3CS(=O)(=O)C4)n[nH]2)C1. The molecule has 0 spiro atoms. The van der Waals surface area contributed by atoms with E-state index in [4.69, 9.17) is 4.74 Å². The third kappa shape index (κ3) is 4.75. The van der Waals surface area contributed by atoms with Gasteiger partial charge in [0.25, 0.3) is 0 Å². The minimum atomic E-state index is -3.13. The molecule has 3 N–H and O–H groups in total. The Kier molecular flexibility index (Phi) is 5.21. The van der Waals surface area contributed by atoms with Crippen LogP contribution in [0.3, 0.4) is 0 Å². The number of pyridine rings is 1. The highest BCUT2D eigenvalue weighted by Crippen LogP contribution is 2.37. The zero-order valence-corrected chi connectivity index (χ0v) is 18.2. The molecular formula is C20H27N5O4S. The Bertz CT molecular complexity index is 1060. The molecule has 3 heterocycles. The maximum absolute atomic E-state index is 12.0. The normalized spacial score (nSPS) is 22.5. The van der Waals surface area contributed by atoms with Crippen molar-refractivity contribution in [3.8, 4) is 0 Å². The van der Waals surface area contributed by atoms with Crippen LogP contribution in [0.2, 0.25) is 0 Å². The summed E-state index contributed by atoms with van der Waals surface area (Å²) in [7, 11) is -3.13. The Morgan fingerprint density at radius 2 is 2.07 bits per heavy atom. The van der Waals surface area contributed by atoms with Gasteiger partial charge in [0.05, 0.1) is 17.2 Å². The van der Waals surface area contributed by atoms with Crippen molar-refractivity contribution in [2.24, 2.45) is 0 Å². The largest absolute Gasteiger partial charge is 0.446 e. The van der Waals surface area contributed by atoms with Crippen molar-refractivity contribution < 1.29 is 17.9 Å². The lowest BCUT2D eigenvalue weighted by Gasteiger charge is -2.22. The molecule has 30 heavy (non-hydrogen) atoms. The van der Waals surface area contributed by atoms with Crippen molar-refractivity contribution in [3.63, 3.8) is 0 Å². The second kappa shape index (κ2) is 7.57. The van der Waals surface area contributed by atoms with Crippen LogP contribution in [-0.2, 0) is 26.1 Å². The summed E-state index contributed by atoms with van der Waals surface area (Å²) in [6.07, 6.45) is 3.55. The summed E-state index contributed by atoms with van der Waals surface area (Å²) in [5.74, 6) is 0.825. The molecule has 9 nitrogen and oxygen atoms in total. The number of amides is 1. The van der Waals surface area contributed by atoms with Crippen molar-refractivity contribution in [2.75, 3.05) is 5.32 Å². The number of aromatic nitrogens is 3. The number of nitrogens with one attached hydrogen (secondary N) is 3. The Labute approximate surface area is 175 Å². The maximum atomic E-state index is 12.0. The molecule has 1 amide bonds. The van der Waals surface area contributed by atoms with Gasteiger partial charge in [-0.3, -0.25) is 10.1 Å². The van der Waals surface area contributed by atoms with Crippen LogP contribution in [0.15, 0.2) is 18.3 Å². The Hall–Kier alpha value is -2.62. The minimum Gasteiger partial charge on any atom is -0.446 e. The van der Waals surface area contributed by atoms with E-state index in [9.17, 15) is 13.2 Å². The summed E-state index contributed by atoms with van der Waals surface area (Å²) < 4.78 is 29.4. The van der Waals surface area contributed by atoms with E-state index in [-0.39, 0.29) is 35.2 Å². The molecule has 1 aliphatic carbocycles. The van der Waals surface area contributed by atoms with Gasteiger partial charge in [-0.25, -0.2) is 13.2 Å². The average Bonchev–Trinajstić information content (AvgIpc) is 3.31. The molecule has 0 aromatic carbocycles. The highest BCUT2D eigenvalue weighted by Gasteiger charge is 2.31. The van der Waals surface area contributed by atoms with Gasteiger partial charge in [-0.15, -0.1) is 0 Å². The summed E-state index contributed by atoms with van der Waals surface area (Å²) >= 11 is 0. The topological polar surface area (TPSA) is 126 Å². The van der Waals surface area contributed by atoms with Crippen molar-refractivity contribution in [1.29, 1.82) is 0 Å². The zero-order valence-electron chi connectivity index (χ0n) is 17.4. The quantitative estimate of drug-likeness (QED) is 0.676. The van der Waals surface area contributed by atoms with Gasteiger partial charge in [0.2, 0.25) is 0 Å². The van der Waals surface area contributed by atoms with Crippen molar-refractivity contribution >= 4 is 27.4 Å². The molecule has 1 saturated carbocycles. The number of alkyl carbamates (subject to hydrolysis) is 1. The number of hydrogen-bond donors (Lipinski definition) is 3. The molecule has 0 radical (unpaired) electrons. The van der Waals surface area contributed by atoms with Crippen molar-refractivity contribution in [2.45, 2.75) is 69.1 Å². The predicted molar refractivity (Wildman–Crippen MR) is 112 cm³/mol. The first-order chi connectivity index (χ1) is 14.1. The van der Waals surface area contributed by atoms with Crippen LogP contribution in [0.25, 0.3) is 0 Å². The molecule has 1 fully saturated rings. The number of aromatic amines is 1. The van der Waals surface area contributed by atoms with E-state index in [2.05, 4.69) is 25.8 Å². The summed E-state index contributed by atoms with van der Waals surface area (Å²) in [5, 5.41) is 13.4. The van der Waals surface area contributed by atoms with E-state index in [1.54, 1.807) is 12.3 Å². The second-order valence-corrected chi connectivity index (χ2v) is 11.1. The van der Waals surface area contributed by atoms with Crippen LogP contribution in [0.5, 0.6) is 0 Å². The highest BCUT2D eigenvalue weighted by atomic mass is 32.2. The highest BCUT2D eigenvalue weighted by molar-refractivity contribution is 7.90. The zero-order chi connectivity index (χ0) is 21.5. The number of nitrogens with zero attached hydrogens (tertiary/aromatic N) is 2. The molecule has 2 aromatic heterocycles. The molecule has 1 aliphatic heterocycles. The van der Waals surface area contributed by atoms with Gasteiger partial charge in [-0.05, 0) is 46.1 Å². The Balaban J connectivity index is 1.38. The van der Waals surface area contributed by atoms with Gasteiger partial charge in [-0.2, -0.15) is 5.10 Å². The predicted octanol–water partition coefficient (Wildman–Crippen LogP) is 3.14. The molecule has 2 atom stereocenters. The summed E-state index contributed by atoms with van der Waals surface area (Å²) in [6, 6.07) is 3.69. The summed E-state index contributed by atoms with van der Waals surface area (Å²) in [6.45, 7) is 5.75. The van der Waals surface area contributed by atoms with Crippen LogP contribution >= 0.6 is 0 Å². The number of fused-ring (bicyclic) bond motifs is 1. The molecule has 2 aliphatic rings. The fourth-order valence-electron chi connectivity index (χ4n) is 3.98. The number of rotatable bonds is 4. The molecular weight excluding hydrogens is 406 g/mol. The smallest absolute Gasteiger partial charge is 0.407 e. The van der Waals surface area contributed by atoms with Gasteiger partial charge >= 0.3 is 6.09 Å². The van der Waals surface area contributed by atoms with Crippen LogP contribution in [0.1, 0.15) is 62.9 Å². The molecule has 1 unspecified atom stereocenters. The fourth-order valence-corrected chi connectivity index (χ4v) is 5.51. The molecule has 0 saturated heterocycles. The lowest BCUT2D eigenvalue weighted by atomic mass is 10.0. The van der Waals surface area contributed by atoms with Crippen LogP contribution in [-0.4, -0.2) is 41.3 Å². The van der Waals surface area contributed by atoms with Gasteiger partial charge in [0.1, 0.15) is 6.10 Å². The molecule has 4 rings (SSSR count). The fraction of sp³-hybridized carbons (Fsp3) is 0.550. The van der Waals surface area contributed by atoms with E-state index in [1.807, 2.05) is 26.8 Å². The van der Waals surface area contributed by atoms with Gasteiger partial charge in [0, 0.05) is 40.7 Å². The standard InChI is InChI=1S/C20H27N5O4S/c1-20(2,3)23-19(26)29-13-5-4-12(8-13)16-9-18(25-24-16)22-15-6-7-21-17-11-30(27,28)10-14(15)17/h6-7,9,12-13H,4-5,8,10-11H2,1-3H3,(H,23,26)(H2,21,22,24,25)/t12-,13?/m0/s1. The second-order valence-electron chi connectivity index (χ2n) is 9.06. The summed E-state index contributed by atoms with van der Waals surface area (Å²) in [4.78, 5) is 16.2. The monoisotopic (exact) mass is 433 g/mol. The number of ether oxygens (including phenoxy) is 1. The lowest BCUT2D eigenvalue weighted by Crippen LogP contribution is -2.42. The van der Waals surface area contributed by atoms with Gasteiger partial charge in [0.15, 0.2) is 15.7 Å². The first-order valence-electron chi connectivity index (χ1n) is 10.1. The van der Waals surface area contributed by atoms with E-state index < -0.39 is 9.84 Å². The van der Waals surface area contributed by atoms with E-state index >= 15 is 0 Å². The number of hydrogen-bond acceptors (Lipinski definition) is 7. The number of carbonyl (C=O) groups is 1. The number of sulfone groups is 1. The maximum Gasteiger partial charge on any atom is 0.407 e. The number of carbonyl (C=O) groups excluding carboxylic acids is 1. The molecule has 10 heteroatoms. The number of anilines is 2. The molecule has 0 bridgehead atoms. The molecule has 162 valence electrons. The Morgan fingerprint density at radius 3 is 2.83 bits per heavy atom. The van der Waals surface area contributed by atoms with E-state index in [0.29, 0.717) is 22.8 Å². The average molecular weight is 434 g/mol.